The van der Waals surface area contributed by atoms with Gasteiger partial charge in [0.1, 0.15) is 5.82 Å². The summed E-state index contributed by atoms with van der Waals surface area (Å²) in [7, 11) is -3.64. The fraction of sp³-hybridized carbons (Fsp3) is 0.364. The number of amides is 2. The number of rotatable bonds is 7. The molecule has 1 heterocycles. The molecule has 0 radical (unpaired) electrons. The number of anilines is 1. The van der Waals surface area contributed by atoms with Crippen molar-refractivity contribution in [3.63, 3.8) is 0 Å². The van der Waals surface area contributed by atoms with Crippen LogP contribution in [0.1, 0.15) is 37.8 Å². The lowest BCUT2D eigenvalue weighted by Crippen LogP contribution is -2.35. The minimum absolute atomic E-state index is 0.00897. The minimum Gasteiger partial charge on any atom is -0.352 e. The molecule has 1 atom stereocenters. The Morgan fingerprint density at radius 1 is 1.17 bits per heavy atom. The molecule has 2 amide bonds. The normalized spacial score (nSPS) is 15.7. The summed E-state index contributed by atoms with van der Waals surface area (Å²) < 4.78 is 38.3. The van der Waals surface area contributed by atoms with Crippen molar-refractivity contribution in [2.75, 3.05) is 10.7 Å². The number of nitrogens with zero attached hydrogens (tertiary/aromatic N) is 1. The molecule has 0 aromatic heterocycles. The molecule has 1 N–H and O–H groups in total. The van der Waals surface area contributed by atoms with Gasteiger partial charge in [-0.15, -0.1) is 0 Å². The number of carbonyl (C=O) groups is 2. The van der Waals surface area contributed by atoms with E-state index in [4.69, 9.17) is 0 Å². The Balaban J connectivity index is 1.62. The number of hydrogen-bond acceptors (Lipinski definition) is 4. The largest absolute Gasteiger partial charge is 0.352 e. The predicted molar refractivity (Wildman–Crippen MR) is 112 cm³/mol. The van der Waals surface area contributed by atoms with Gasteiger partial charge in [-0.3, -0.25) is 9.59 Å². The summed E-state index contributed by atoms with van der Waals surface area (Å²) in [5.41, 5.74) is 2.31. The first-order chi connectivity index (χ1) is 14.2. The van der Waals surface area contributed by atoms with Crippen molar-refractivity contribution in [2.24, 2.45) is 0 Å². The molecule has 160 valence electrons. The van der Waals surface area contributed by atoms with Gasteiger partial charge in [0.2, 0.25) is 11.8 Å². The van der Waals surface area contributed by atoms with E-state index in [1.54, 1.807) is 36.1 Å². The fourth-order valence-electron chi connectivity index (χ4n) is 3.59. The maximum atomic E-state index is 12.9. The summed E-state index contributed by atoms with van der Waals surface area (Å²) in [4.78, 5) is 26.1. The molecular formula is C22H25FN2O4S. The van der Waals surface area contributed by atoms with Crippen molar-refractivity contribution in [3.8, 4) is 0 Å². The van der Waals surface area contributed by atoms with Gasteiger partial charge in [0.25, 0.3) is 0 Å². The van der Waals surface area contributed by atoms with E-state index < -0.39 is 15.7 Å². The van der Waals surface area contributed by atoms with Crippen molar-refractivity contribution in [1.29, 1.82) is 0 Å². The van der Waals surface area contributed by atoms with Gasteiger partial charge in [-0.1, -0.05) is 19.1 Å². The second-order valence-electron chi connectivity index (χ2n) is 7.43. The molecule has 0 aliphatic carbocycles. The summed E-state index contributed by atoms with van der Waals surface area (Å²) in [5.74, 6) is -1.05. The average molecular weight is 433 g/mol. The summed E-state index contributed by atoms with van der Waals surface area (Å²) in [5, 5.41) is 2.64. The van der Waals surface area contributed by atoms with Crippen LogP contribution in [-0.2, 0) is 32.4 Å². The Labute approximate surface area is 176 Å². The maximum absolute atomic E-state index is 12.9. The molecule has 1 aliphatic heterocycles. The quantitative estimate of drug-likeness (QED) is 0.729. The van der Waals surface area contributed by atoms with Crippen molar-refractivity contribution >= 4 is 27.3 Å². The van der Waals surface area contributed by atoms with E-state index in [0.29, 0.717) is 12.8 Å². The van der Waals surface area contributed by atoms with Gasteiger partial charge in [-0.2, -0.15) is 0 Å². The van der Waals surface area contributed by atoms with E-state index in [-0.39, 0.29) is 41.4 Å². The average Bonchev–Trinajstić information content (AvgIpc) is 3.06. The number of nitrogens with one attached hydrogen (secondary N) is 1. The van der Waals surface area contributed by atoms with Crippen LogP contribution in [-0.4, -0.2) is 32.0 Å². The summed E-state index contributed by atoms with van der Waals surface area (Å²) >= 11 is 0. The number of hydrogen-bond donors (Lipinski definition) is 1. The highest BCUT2D eigenvalue weighted by Crippen LogP contribution is 2.34. The molecule has 0 spiro atoms. The van der Waals surface area contributed by atoms with E-state index in [9.17, 15) is 22.4 Å². The van der Waals surface area contributed by atoms with Crippen LogP contribution in [0, 0.1) is 5.82 Å². The molecule has 8 heteroatoms. The van der Waals surface area contributed by atoms with Gasteiger partial charge >= 0.3 is 0 Å². The lowest BCUT2D eigenvalue weighted by molar-refractivity contribution is -0.121. The van der Waals surface area contributed by atoms with Crippen LogP contribution in [0.3, 0.4) is 0 Å². The van der Waals surface area contributed by atoms with Crippen LogP contribution < -0.4 is 10.2 Å². The van der Waals surface area contributed by atoms with Crippen LogP contribution in [0.5, 0.6) is 0 Å². The topological polar surface area (TPSA) is 83.6 Å². The van der Waals surface area contributed by atoms with Crippen molar-refractivity contribution in [1.82, 2.24) is 5.32 Å². The first-order valence-electron chi connectivity index (χ1n) is 9.90. The highest BCUT2D eigenvalue weighted by molar-refractivity contribution is 7.91. The third kappa shape index (κ3) is 4.87. The summed E-state index contributed by atoms with van der Waals surface area (Å²) in [6.45, 7) is 3.94. The molecule has 6 nitrogen and oxygen atoms in total. The van der Waals surface area contributed by atoms with Crippen molar-refractivity contribution in [3.05, 3.63) is 59.4 Å². The van der Waals surface area contributed by atoms with Crippen LogP contribution in [0.2, 0.25) is 0 Å². The third-order valence-electron chi connectivity index (χ3n) is 5.20. The van der Waals surface area contributed by atoms with Gasteiger partial charge in [0.15, 0.2) is 9.84 Å². The highest BCUT2D eigenvalue weighted by Gasteiger charge is 2.31. The van der Waals surface area contributed by atoms with E-state index in [0.717, 1.165) is 16.8 Å². The predicted octanol–water partition coefficient (Wildman–Crippen LogP) is 2.99. The number of carbonyl (C=O) groups excluding carboxylic acids is 2. The number of fused-ring (bicyclic) bond motifs is 1. The molecule has 0 fully saturated rings. The Morgan fingerprint density at radius 3 is 2.53 bits per heavy atom. The molecule has 2 aromatic carbocycles. The first-order valence-corrected chi connectivity index (χ1v) is 11.6. The second kappa shape index (κ2) is 8.95. The fourth-order valence-corrected chi connectivity index (χ4v) is 4.87. The minimum atomic E-state index is -3.64. The van der Waals surface area contributed by atoms with Gasteiger partial charge in [0, 0.05) is 31.1 Å². The van der Waals surface area contributed by atoms with Gasteiger partial charge in [-0.05, 0) is 54.8 Å². The highest BCUT2D eigenvalue weighted by atomic mass is 32.2. The zero-order valence-corrected chi connectivity index (χ0v) is 17.8. The first kappa shape index (κ1) is 22.0. The summed E-state index contributed by atoms with van der Waals surface area (Å²) in [6.07, 6.45) is 0.816. The van der Waals surface area contributed by atoms with E-state index >= 15 is 0 Å². The number of sulfone groups is 1. The molecule has 1 aliphatic rings. The smallest absolute Gasteiger partial charge is 0.226 e. The molecular weight excluding hydrogens is 407 g/mol. The number of halogens is 1. The SMILES string of the molecule is CCC(=O)N1c2ccc(S(=O)(=O)CCC(=O)NCc3ccc(F)cc3)cc2CC1C. The van der Waals surface area contributed by atoms with Crippen LogP contribution in [0.4, 0.5) is 10.1 Å². The molecule has 0 saturated heterocycles. The lowest BCUT2D eigenvalue weighted by atomic mass is 10.1. The van der Waals surface area contributed by atoms with Crippen LogP contribution >= 0.6 is 0 Å². The van der Waals surface area contributed by atoms with Crippen molar-refractivity contribution < 1.29 is 22.4 Å². The standard InChI is InChI=1S/C22H25FN2O4S/c1-3-22(27)25-15(2)12-17-13-19(8-9-20(17)25)30(28,29)11-10-21(26)24-14-16-4-6-18(23)7-5-16/h4-9,13,15H,3,10-12,14H2,1-2H3,(H,24,26). The maximum Gasteiger partial charge on any atom is 0.226 e. The molecule has 0 saturated carbocycles. The van der Waals surface area contributed by atoms with Gasteiger partial charge in [0.05, 0.1) is 10.6 Å². The third-order valence-corrected chi connectivity index (χ3v) is 6.91. The lowest BCUT2D eigenvalue weighted by Gasteiger charge is -2.22. The van der Waals surface area contributed by atoms with Crippen LogP contribution in [0.25, 0.3) is 0 Å². The second-order valence-corrected chi connectivity index (χ2v) is 9.54. The zero-order valence-electron chi connectivity index (χ0n) is 17.0. The molecule has 1 unspecified atom stereocenters. The van der Waals surface area contributed by atoms with Crippen molar-refractivity contribution in [2.45, 2.75) is 50.6 Å². The molecule has 0 bridgehead atoms. The Morgan fingerprint density at radius 2 is 1.87 bits per heavy atom. The monoisotopic (exact) mass is 432 g/mol. The Kier molecular flexibility index (Phi) is 6.55. The Hall–Kier alpha value is -2.74. The van der Waals surface area contributed by atoms with Gasteiger partial charge in [-0.25, -0.2) is 12.8 Å². The number of benzene rings is 2. The molecule has 30 heavy (non-hydrogen) atoms. The zero-order chi connectivity index (χ0) is 21.9. The summed E-state index contributed by atoms with van der Waals surface area (Å²) in [6, 6.07) is 10.5. The molecule has 3 rings (SSSR count). The van der Waals surface area contributed by atoms with Crippen LogP contribution in [0.15, 0.2) is 47.4 Å². The van der Waals surface area contributed by atoms with E-state index in [1.165, 1.54) is 18.2 Å². The van der Waals surface area contributed by atoms with E-state index in [2.05, 4.69) is 5.32 Å². The molecule has 2 aromatic rings. The van der Waals surface area contributed by atoms with Gasteiger partial charge < -0.3 is 10.2 Å². The Bertz CT molecular complexity index is 1050. The van der Waals surface area contributed by atoms with E-state index in [1.807, 2.05) is 6.92 Å².